The van der Waals surface area contributed by atoms with Crippen molar-refractivity contribution >= 4 is 21.4 Å². The summed E-state index contributed by atoms with van der Waals surface area (Å²) in [6, 6.07) is 17.4. The average Bonchev–Trinajstić information content (AvgIpc) is 3.11. The van der Waals surface area contributed by atoms with Crippen molar-refractivity contribution in [3.63, 3.8) is 0 Å². The van der Waals surface area contributed by atoms with Crippen molar-refractivity contribution in [3.05, 3.63) is 78.6 Å². The fraction of sp³-hybridized carbons (Fsp3) is 0.0952. The highest BCUT2D eigenvalue weighted by Gasteiger charge is 2.14. The molecular weight excluding hydrogens is 374 g/mol. The van der Waals surface area contributed by atoms with Gasteiger partial charge in [0, 0.05) is 23.6 Å². The van der Waals surface area contributed by atoms with Crippen LogP contribution in [0.1, 0.15) is 5.56 Å². The number of imidazole rings is 1. The Balaban J connectivity index is 1.56. The topological polar surface area (TPSA) is 72.7 Å². The van der Waals surface area contributed by atoms with Gasteiger partial charge in [-0.2, -0.15) is 0 Å². The molecule has 0 aliphatic rings. The molecule has 0 bridgehead atoms. The number of hydrogen-bond donors (Lipinski definition) is 1. The molecule has 142 valence electrons. The number of ether oxygens (including phenoxy) is 1. The van der Waals surface area contributed by atoms with Gasteiger partial charge < -0.3 is 9.14 Å². The maximum absolute atomic E-state index is 12.5. The lowest BCUT2D eigenvalue weighted by atomic mass is 10.1. The predicted octanol–water partition coefficient (Wildman–Crippen LogP) is 4.12. The maximum atomic E-state index is 12.5. The van der Waals surface area contributed by atoms with Crippen LogP contribution >= 0.6 is 0 Å². The van der Waals surface area contributed by atoms with Crippen LogP contribution in [0.15, 0.2) is 78.0 Å². The van der Waals surface area contributed by atoms with Crippen molar-refractivity contribution in [2.45, 2.75) is 11.8 Å². The normalized spacial score (nSPS) is 11.5. The number of benzene rings is 2. The molecule has 0 aliphatic carbocycles. The van der Waals surface area contributed by atoms with Crippen LogP contribution in [0.2, 0.25) is 0 Å². The molecule has 28 heavy (non-hydrogen) atoms. The molecule has 2 heterocycles. The third kappa shape index (κ3) is 3.57. The second kappa shape index (κ2) is 7.01. The molecule has 0 fully saturated rings. The van der Waals surface area contributed by atoms with Gasteiger partial charge in [-0.15, -0.1) is 0 Å². The minimum Gasteiger partial charge on any atom is -0.497 e. The van der Waals surface area contributed by atoms with Gasteiger partial charge in [0.05, 0.1) is 17.7 Å². The number of pyridine rings is 1. The monoisotopic (exact) mass is 393 g/mol. The van der Waals surface area contributed by atoms with Crippen molar-refractivity contribution in [2.24, 2.45) is 0 Å². The summed E-state index contributed by atoms with van der Waals surface area (Å²) < 4.78 is 34.7. The van der Waals surface area contributed by atoms with Crippen molar-refractivity contribution in [1.29, 1.82) is 0 Å². The first kappa shape index (κ1) is 18.1. The van der Waals surface area contributed by atoms with Crippen LogP contribution in [0.4, 0.5) is 5.69 Å². The van der Waals surface area contributed by atoms with Gasteiger partial charge in [-0.3, -0.25) is 4.72 Å². The van der Waals surface area contributed by atoms with Gasteiger partial charge in [-0.1, -0.05) is 12.1 Å². The van der Waals surface area contributed by atoms with Gasteiger partial charge in [0.25, 0.3) is 10.0 Å². The lowest BCUT2D eigenvalue weighted by molar-refractivity contribution is 0.414. The van der Waals surface area contributed by atoms with Crippen molar-refractivity contribution in [1.82, 2.24) is 9.38 Å². The molecule has 0 atom stereocenters. The van der Waals surface area contributed by atoms with Gasteiger partial charge in [-0.25, -0.2) is 13.4 Å². The Kier molecular flexibility index (Phi) is 4.52. The number of hydrogen-bond acceptors (Lipinski definition) is 4. The fourth-order valence-corrected chi connectivity index (χ4v) is 3.96. The van der Waals surface area contributed by atoms with Crippen molar-refractivity contribution < 1.29 is 13.2 Å². The third-order valence-electron chi connectivity index (χ3n) is 4.42. The highest BCUT2D eigenvalue weighted by Crippen LogP contribution is 2.24. The molecule has 7 heteroatoms. The van der Waals surface area contributed by atoms with Crippen LogP contribution in [0.5, 0.6) is 5.75 Å². The average molecular weight is 393 g/mol. The predicted molar refractivity (Wildman–Crippen MR) is 109 cm³/mol. The van der Waals surface area contributed by atoms with E-state index in [1.165, 1.54) is 19.2 Å². The highest BCUT2D eigenvalue weighted by atomic mass is 32.2. The van der Waals surface area contributed by atoms with E-state index in [1.54, 1.807) is 24.3 Å². The summed E-state index contributed by atoms with van der Waals surface area (Å²) in [6.07, 6.45) is 3.92. The molecule has 0 amide bonds. The van der Waals surface area contributed by atoms with E-state index < -0.39 is 10.0 Å². The minimum absolute atomic E-state index is 0.174. The number of nitrogens with one attached hydrogen (secondary N) is 1. The second-order valence-electron chi connectivity index (χ2n) is 6.45. The summed E-state index contributed by atoms with van der Waals surface area (Å²) in [4.78, 5) is 4.80. The van der Waals surface area contributed by atoms with E-state index >= 15 is 0 Å². The molecule has 6 nitrogen and oxygen atoms in total. The zero-order valence-corrected chi connectivity index (χ0v) is 16.3. The number of anilines is 1. The molecule has 2 aromatic heterocycles. The van der Waals surface area contributed by atoms with E-state index in [2.05, 4.69) is 9.71 Å². The molecule has 2 aromatic carbocycles. The van der Waals surface area contributed by atoms with Gasteiger partial charge in [0.15, 0.2) is 0 Å². The quantitative estimate of drug-likeness (QED) is 0.554. The first-order valence-electron chi connectivity index (χ1n) is 8.67. The maximum Gasteiger partial charge on any atom is 0.261 e. The van der Waals surface area contributed by atoms with Crippen LogP contribution < -0.4 is 9.46 Å². The third-order valence-corrected chi connectivity index (χ3v) is 5.82. The molecule has 0 saturated carbocycles. The Labute approximate surface area is 163 Å². The zero-order chi connectivity index (χ0) is 19.7. The number of sulfonamides is 1. The molecule has 0 unspecified atom stereocenters. The van der Waals surface area contributed by atoms with E-state index in [9.17, 15) is 8.42 Å². The summed E-state index contributed by atoms with van der Waals surface area (Å²) in [5, 5.41) is 0. The second-order valence-corrected chi connectivity index (χ2v) is 8.14. The number of aromatic nitrogens is 2. The summed E-state index contributed by atoms with van der Waals surface area (Å²) in [5.41, 5.74) is 4.25. The number of methoxy groups -OCH3 is 1. The van der Waals surface area contributed by atoms with Gasteiger partial charge in [-0.05, 0) is 61.0 Å². The number of rotatable bonds is 5. The van der Waals surface area contributed by atoms with Crippen LogP contribution in [0.25, 0.3) is 16.9 Å². The first-order chi connectivity index (χ1) is 13.4. The van der Waals surface area contributed by atoms with Crippen LogP contribution in [-0.4, -0.2) is 24.9 Å². The largest absolute Gasteiger partial charge is 0.497 e. The fourth-order valence-electron chi connectivity index (χ4n) is 2.90. The number of nitrogens with zero attached hydrogens (tertiary/aromatic N) is 2. The summed E-state index contributed by atoms with van der Waals surface area (Å²) in [7, 11) is -2.13. The van der Waals surface area contributed by atoms with E-state index in [4.69, 9.17) is 4.74 Å². The van der Waals surface area contributed by atoms with E-state index in [-0.39, 0.29) is 4.90 Å². The smallest absolute Gasteiger partial charge is 0.261 e. The van der Waals surface area contributed by atoms with Crippen LogP contribution in [0.3, 0.4) is 0 Å². The molecule has 0 saturated heterocycles. The Hall–Kier alpha value is -3.32. The van der Waals surface area contributed by atoms with E-state index in [1.807, 2.05) is 48.0 Å². The Morgan fingerprint density at radius 1 is 1.00 bits per heavy atom. The minimum atomic E-state index is -3.67. The Bertz CT molecular complexity index is 1230. The lowest BCUT2D eigenvalue weighted by Gasteiger charge is -2.09. The summed E-state index contributed by atoms with van der Waals surface area (Å²) in [6.45, 7) is 2.03. The van der Waals surface area contributed by atoms with Gasteiger partial charge in [0.2, 0.25) is 0 Å². The Morgan fingerprint density at radius 2 is 1.71 bits per heavy atom. The standard InChI is InChI=1S/C21H19N3O3S/c1-15-11-12-24-14-20(22-21(24)13-15)16-3-5-17(6-4-16)23-28(25,26)19-9-7-18(27-2)8-10-19/h3-14,23H,1-2H3. The van der Waals surface area contributed by atoms with Crippen LogP contribution in [0, 0.1) is 6.92 Å². The summed E-state index contributed by atoms with van der Waals surface area (Å²) in [5.74, 6) is 0.603. The van der Waals surface area contributed by atoms with Gasteiger partial charge in [0.1, 0.15) is 11.4 Å². The van der Waals surface area contributed by atoms with Crippen molar-refractivity contribution in [2.75, 3.05) is 11.8 Å². The van der Waals surface area contributed by atoms with Crippen LogP contribution in [-0.2, 0) is 10.0 Å². The van der Waals surface area contributed by atoms with Crippen molar-refractivity contribution in [3.8, 4) is 17.0 Å². The molecule has 4 aromatic rings. The van der Waals surface area contributed by atoms with E-state index in [0.717, 1.165) is 22.5 Å². The molecule has 0 aliphatic heterocycles. The SMILES string of the molecule is COc1ccc(S(=O)(=O)Nc2ccc(-c3cn4ccc(C)cc4n3)cc2)cc1. The molecule has 0 spiro atoms. The molecule has 4 rings (SSSR count). The first-order valence-corrected chi connectivity index (χ1v) is 10.2. The van der Waals surface area contributed by atoms with E-state index in [0.29, 0.717) is 11.4 Å². The Morgan fingerprint density at radius 3 is 2.39 bits per heavy atom. The zero-order valence-electron chi connectivity index (χ0n) is 15.5. The molecule has 1 N–H and O–H groups in total. The lowest BCUT2D eigenvalue weighted by Crippen LogP contribution is -2.12. The number of fused-ring (bicyclic) bond motifs is 1. The summed E-state index contributed by atoms with van der Waals surface area (Å²) >= 11 is 0. The molecular formula is C21H19N3O3S. The highest BCUT2D eigenvalue weighted by molar-refractivity contribution is 7.92. The molecule has 0 radical (unpaired) electrons. The van der Waals surface area contributed by atoms with Gasteiger partial charge >= 0.3 is 0 Å². The number of aryl methyl sites for hydroxylation is 1.